The molecule has 0 radical (unpaired) electrons. The largest absolute Gasteiger partial charge is 0.444 e. The molecule has 0 saturated carbocycles. The smallest absolute Gasteiger partial charge is 0.408 e. The number of rotatable bonds is 18. The molecule has 1 aromatic carbocycles. The quantitative estimate of drug-likeness (QED) is 0.183. The van der Waals surface area contributed by atoms with Crippen molar-refractivity contribution in [2.75, 3.05) is 27.8 Å². The molecule has 0 bridgehead atoms. The van der Waals surface area contributed by atoms with E-state index in [4.69, 9.17) is 14.2 Å². The zero-order valence-electron chi connectivity index (χ0n) is 32.4. The third-order valence-corrected chi connectivity index (χ3v) is 10.7. The normalized spacial score (nSPS) is 19.6. The summed E-state index contributed by atoms with van der Waals surface area (Å²) < 4.78 is 29.5. The van der Waals surface area contributed by atoms with Crippen LogP contribution in [0.15, 0.2) is 30.3 Å². The van der Waals surface area contributed by atoms with E-state index in [1.807, 2.05) is 58.0 Å². The second-order valence-corrected chi connectivity index (χ2v) is 16.4. The Morgan fingerprint density at radius 1 is 1.04 bits per heavy atom. The molecule has 1 aliphatic heterocycles. The van der Waals surface area contributed by atoms with Crippen molar-refractivity contribution in [3.63, 3.8) is 0 Å². The van der Waals surface area contributed by atoms with Crippen LogP contribution in [0, 0.1) is 17.8 Å². The summed E-state index contributed by atoms with van der Waals surface area (Å²) in [5.74, 6) is -2.91. The van der Waals surface area contributed by atoms with Crippen molar-refractivity contribution in [2.45, 2.75) is 129 Å². The van der Waals surface area contributed by atoms with Crippen molar-refractivity contribution in [3.8, 4) is 0 Å². The average Bonchev–Trinajstić information content (AvgIpc) is 3.55. The standard InChI is InChI=1S/C37H63N4O9P/c1-12-24(4)32(40(9)35(44)31(23(2)3)39-36(45)50-37(6,7)8)28(48-10)22-30(42)41-20-16-19-27(41)33(49-11)25(5)34(43)38-29(51(46)47)21-26-17-14-13-15-18-26/h13-15,17-18,23-25,27-29,31-33,51H,12,16,19-22H2,1-11H3,(H,38,43)(H,39,45)(H,46,47)/t24-,25+,27-,28+,29+,31-,32-,33+/m0/s1. The van der Waals surface area contributed by atoms with Crippen LogP contribution < -0.4 is 10.6 Å². The van der Waals surface area contributed by atoms with Crippen molar-refractivity contribution in [3.05, 3.63) is 35.9 Å². The zero-order chi connectivity index (χ0) is 38.6. The first-order chi connectivity index (χ1) is 23.9. The molecule has 1 aliphatic rings. The molecule has 4 amide bonds. The molecule has 1 aromatic rings. The lowest BCUT2D eigenvalue weighted by Gasteiger charge is -2.40. The van der Waals surface area contributed by atoms with Gasteiger partial charge in [0, 0.05) is 34.2 Å². The average molecular weight is 739 g/mol. The Morgan fingerprint density at radius 2 is 1.67 bits per heavy atom. The van der Waals surface area contributed by atoms with Gasteiger partial charge in [-0.25, -0.2) is 4.79 Å². The third kappa shape index (κ3) is 12.9. The van der Waals surface area contributed by atoms with Crippen LogP contribution in [0.25, 0.3) is 0 Å². The Labute approximate surface area is 305 Å². The molecular weight excluding hydrogens is 675 g/mol. The Kier molecular flexibility index (Phi) is 17.6. The highest BCUT2D eigenvalue weighted by Crippen LogP contribution is 2.31. The third-order valence-electron chi connectivity index (χ3n) is 9.76. The maximum atomic E-state index is 14.1. The van der Waals surface area contributed by atoms with Gasteiger partial charge < -0.3 is 39.5 Å². The number of hydrogen-bond acceptors (Lipinski definition) is 8. The predicted molar refractivity (Wildman–Crippen MR) is 197 cm³/mol. The molecule has 0 aliphatic carbocycles. The van der Waals surface area contributed by atoms with Crippen molar-refractivity contribution < 1.29 is 42.8 Å². The van der Waals surface area contributed by atoms with Gasteiger partial charge in [0.1, 0.15) is 17.4 Å². The van der Waals surface area contributed by atoms with Gasteiger partial charge in [-0.3, -0.25) is 18.9 Å². The lowest BCUT2D eigenvalue weighted by Crippen LogP contribution is -2.58. The van der Waals surface area contributed by atoms with E-state index in [2.05, 4.69) is 10.6 Å². The van der Waals surface area contributed by atoms with Crippen LogP contribution in [-0.2, 0) is 39.6 Å². The topological polar surface area (TPSA) is 164 Å². The fourth-order valence-corrected chi connectivity index (χ4v) is 7.50. The van der Waals surface area contributed by atoms with Crippen LogP contribution in [0.3, 0.4) is 0 Å². The van der Waals surface area contributed by atoms with Crippen LogP contribution in [0.2, 0.25) is 0 Å². The number of amides is 4. The van der Waals surface area contributed by atoms with Gasteiger partial charge in [-0.15, -0.1) is 0 Å². The van der Waals surface area contributed by atoms with Crippen LogP contribution in [0.4, 0.5) is 4.79 Å². The van der Waals surface area contributed by atoms with Crippen LogP contribution in [0.1, 0.15) is 86.6 Å². The van der Waals surface area contributed by atoms with E-state index in [-0.39, 0.29) is 36.5 Å². The van der Waals surface area contributed by atoms with E-state index < -0.39 is 67.7 Å². The van der Waals surface area contributed by atoms with Crippen molar-refractivity contribution in [2.24, 2.45) is 17.8 Å². The van der Waals surface area contributed by atoms with E-state index in [1.165, 1.54) is 14.2 Å². The molecule has 51 heavy (non-hydrogen) atoms. The van der Waals surface area contributed by atoms with Gasteiger partial charge in [-0.05, 0) is 51.0 Å². The number of ether oxygens (including phenoxy) is 3. The first kappa shape index (κ1) is 44.2. The van der Waals surface area contributed by atoms with Crippen molar-refractivity contribution >= 4 is 31.8 Å². The molecule has 0 aromatic heterocycles. The summed E-state index contributed by atoms with van der Waals surface area (Å²) in [5.41, 5.74) is 0.0947. The molecule has 1 heterocycles. The number of carbonyl (C=O) groups is 4. The fraction of sp³-hybridized carbons (Fsp3) is 0.730. The van der Waals surface area contributed by atoms with E-state index in [0.29, 0.717) is 25.8 Å². The highest BCUT2D eigenvalue weighted by atomic mass is 31.1. The van der Waals surface area contributed by atoms with Gasteiger partial charge in [0.2, 0.25) is 25.7 Å². The molecular formula is C37H63N4O9P. The summed E-state index contributed by atoms with van der Waals surface area (Å²) >= 11 is 0. The molecule has 3 N–H and O–H groups in total. The number of likely N-dealkylation sites (N-methyl/N-ethyl adjacent to an activating group) is 1. The lowest BCUT2D eigenvalue weighted by atomic mass is 9.89. The highest BCUT2D eigenvalue weighted by molar-refractivity contribution is 7.38. The lowest BCUT2D eigenvalue weighted by molar-refractivity contribution is -0.147. The summed E-state index contributed by atoms with van der Waals surface area (Å²) in [4.78, 5) is 67.5. The van der Waals surface area contributed by atoms with Gasteiger partial charge in [-0.1, -0.05) is 71.4 Å². The number of benzene rings is 1. The van der Waals surface area contributed by atoms with Crippen molar-refractivity contribution in [1.29, 1.82) is 0 Å². The Morgan fingerprint density at radius 3 is 2.18 bits per heavy atom. The van der Waals surface area contributed by atoms with Crippen LogP contribution >= 0.6 is 8.03 Å². The molecule has 13 nitrogen and oxygen atoms in total. The minimum absolute atomic E-state index is 0.0197. The SMILES string of the molecule is CC[C@H](C)[C@@H]([C@@H](CC(=O)N1CCC[C@H]1[C@H](OC)[C@@H](C)C(=O)N[C@@H](Cc1ccccc1)[PH](=O)O)OC)N(C)C(=O)[C@@H](NC(=O)OC(C)(C)C)C(C)C. The van der Waals surface area contributed by atoms with E-state index >= 15 is 0 Å². The number of nitrogens with zero attached hydrogens (tertiary/aromatic N) is 2. The van der Waals surface area contributed by atoms with E-state index in [1.54, 1.807) is 44.5 Å². The summed E-state index contributed by atoms with van der Waals surface area (Å²) in [6.45, 7) is 15.1. The molecule has 290 valence electrons. The Bertz CT molecular complexity index is 1310. The fourth-order valence-electron chi connectivity index (χ4n) is 6.83. The van der Waals surface area contributed by atoms with Gasteiger partial charge in [0.15, 0.2) is 0 Å². The first-order valence-corrected chi connectivity index (χ1v) is 19.5. The number of carbonyl (C=O) groups excluding carboxylic acids is 4. The van der Waals surface area contributed by atoms with Crippen LogP contribution in [0.5, 0.6) is 0 Å². The Hall–Kier alpha value is -2.99. The first-order valence-electron chi connectivity index (χ1n) is 18.0. The molecule has 1 unspecified atom stereocenters. The monoisotopic (exact) mass is 738 g/mol. The number of methoxy groups -OCH3 is 2. The minimum Gasteiger partial charge on any atom is -0.444 e. The van der Waals surface area contributed by atoms with Gasteiger partial charge >= 0.3 is 6.09 Å². The molecule has 14 heteroatoms. The number of alkyl carbamates (subject to hydrolysis) is 1. The zero-order valence-corrected chi connectivity index (χ0v) is 33.4. The Balaban J connectivity index is 2.25. The van der Waals surface area contributed by atoms with Gasteiger partial charge in [-0.2, -0.15) is 0 Å². The van der Waals surface area contributed by atoms with Gasteiger partial charge in [0.05, 0.1) is 36.6 Å². The maximum Gasteiger partial charge on any atom is 0.408 e. The number of nitrogens with one attached hydrogen (secondary N) is 2. The molecule has 1 saturated heterocycles. The maximum absolute atomic E-state index is 14.1. The van der Waals surface area contributed by atoms with E-state index in [9.17, 15) is 28.6 Å². The van der Waals surface area contributed by atoms with Gasteiger partial charge in [0.25, 0.3) is 0 Å². The molecule has 1 fully saturated rings. The number of hydrogen-bond donors (Lipinski definition) is 3. The summed E-state index contributed by atoms with van der Waals surface area (Å²) in [6.07, 6.45) is 0.199. The highest BCUT2D eigenvalue weighted by Gasteiger charge is 2.43. The van der Waals surface area contributed by atoms with E-state index in [0.717, 1.165) is 5.56 Å². The second kappa shape index (κ2) is 20.3. The number of likely N-dealkylation sites (tertiary alicyclic amines) is 1. The van der Waals surface area contributed by atoms with Crippen LogP contribution in [-0.4, -0.2) is 108 Å². The summed E-state index contributed by atoms with van der Waals surface area (Å²) in [6, 6.07) is 7.42. The summed E-state index contributed by atoms with van der Waals surface area (Å²) in [7, 11) is 1.60. The molecule has 2 rings (SSSR count). The second-order valence-electron chi connectivity index (χ2n) is 15.0. The predicted octanol–water partition coefficient (Wildman–Crippen LogP) is 4.61. The molecule has 0 spiro atoms. The molecule has 9 atom stereocenters. The summed E-state index contributed by atoms with van der Waals surface area (Å²) in [5, 5.41) is 5.49. The minimum atomic E-state index is -3.10. The van der Waals surface area contributed by atoms with Crippen molar-refractivity contribution in [1.82, 2.24) is 20.4 Å².